The number of amides is 1. The van der Waals surface area contributed by atoms with Crippen LogP contribution < -0.4 is 5.32 Å². The van der Waals surface area contributed by atoms with Crippen LogP contribution in [0.4, 0.5) is 10.1 Å². The number of ether oxygens (including phenoxy) is 1. The molecule has 0 heterocycles. The summed E-state index contributed by atoms with van der Waals surface area (Å²) < 4.78 is 29.9. The maximum atomic E-state index is 13.1. The first-order valence-electron chi connectivity index (χ1n) is 7.08. The van der Waals surface area contributed by atoms with Crippen molar-refractivity contribution in [3.05, 3.63) is 59.9 Å². The fourth-order valence-corrected chi connectivity index (χ4v) is 2.70. The normalized spacial score (nSPS) is 13.0. The van der Waals surface area contributed by atoms with Crippen molar-refractivity contribution < 1.29 is 22.9 Å². The van der Waals surface area contributed by atoms with E-state index in [1.807, 2.05) is 0 Å². The van der Waals surface area contributed by atoms with E-state index >= 15 is 0 Å². The van der Waals surface area contributed by atoms with Crippen LogP contribution in [-0.4, -0.2) is 28.4 Å². The molecule has 2 aromatic carbocycles. The van der Waals surface area contributed by atoms with Crippen molar-refractivity contribution in [2.45, 2.75) is 17.9 Å². The van der Waals surface area contributed by atoms with Crippen LogP contribution >= 0.6 is 0 Å². The third-order valence-electron chi connectivity index (χ3n) is 3.16. The molecule has 0 aliphatic carbocycles. The molecular formula is C17H16FNO4S. The number of hydrogen-bond donors (Lipinski definition) is 1. The van der Waals surface area contributed by atoms with Gasteiger partial charge in [0.05, 0.1) is 21.3 Å². The van der Waals surface area contributed by atoms with Gasteiger partial charge in [-0.3, -0.25) is 9.00 Å². The Morgan fingerprint density at radius 2 is 1.88 bits per heavy atom. The van der Waals surface area contributed by atoms with Gasteiger partial charge in [-0.2, -0.15) is 0 Å². The molecule has 2 rings (SSSR count). The lowest BCUT2D eigenvalue weighted by Crippen LogP contribution is -2.30. The summed E-state index contributed by atoms with van der Waals surface area (Å²) in [7, 11) is -1.36. The molecule has 0 radical (unpaired) electrons. The lowest BCUT2D eigenvalue weighted by Gasteiger charge is -2.14. The molecule has 5 nitrogen and oxygen atoms in total. The molecule has 0 spiro atoms. The maximum Gasteiger partial charge on any atom is 0.340 e. The molecule has 0 aliphatic rings. The molecule has 2 atom stereocenters. The molecule has 2 aromatic rings. The molecular weight excluding hydrogens is 333 g/mol. The van der Waals surface area contributed by atoms with Gasteiger partial charge in [-0.1, -0.05) is 18.2 Å². The maximum absolute atomic E-state index is 13.1. The molecule has 0 fully saturated rings. The lowest BCUT2D eigenvalue weighted by molar-refractivity contribution is -0.123. The second kappa shape index (κ2) is 7.83. The summed E-state index contributed by atoms with van der Waals surface area (Å²) in [5.74, 6) is -1.83. The predicted molar refractivity (Wildman–Crippen MR) is 88.7 cm³/mol. The predicted octanol–water partition coefficient (Wildman–Crippen LogP) is 2.75. The van der Waals surface area contributed by atoms with Gasteiger partial charge in [0.15, 0.2) is 6.10 Å². The monoisotopic (exact) mass is 349 g/mol. The second-order valence-corrected chi connectivity index (χ2v) is 6.35. The van der Waals surface area contributed by atoms with E-state index in [9.17, 15) is 18.2 Å². The number of benzene rings is 2. The molecule has 0 aliphatic heterocycles. The number of esters is 1. The Balaban J connectivity index is 2.06. The molecule has 1 N–H and O–H groups in total. The van der Waals surface area contributed by atoms with Gasteiger partial charge in [-0.15, -0.1) is 0 Å². The van der Waals surface area contributed by atoms with Gasteiger partial charge in [0.25, 0.3) is 5.91 Å². The van der Waals surface area contributed by atoms with Crippen LogP contribution in [0.3, 0.4) is 0 Å². The van der Waals surface area contributed by atoms with Gasteiger partial charge >= 0.3 is 5.97 Å². The molecule has 0 bridgehead atoms. The van der Waals surface area contributed by atoms with Gasteiger partial charge in [0.2, 0.25) is 0 Å². The fraction of sp³-hybridized carbons (Fsp3) is 0.176. The number of halogens is 1. The Morgan fingerprint density at radius 1 is 1.17 bits per heavy atom. The highest BCUT2D eigenvalue weighted by molar-refractivity contribution is 7.84. The molecule has 0 unspecified atom stereocenters. The average molecular weight is 349 g/mol. The number of carbonyl (C=O) groups excluding carboxylic acids is 2. The van der Waals surface area contributed by atoms with Crippen LogP contribution in [0.15, 0.2) is 53.4 Å². The lowest BCUT2D eigenvalue weighted by atomic mass is 10.2. The Labute approximate surface area is 141 Å². The van der Waals surface area contributed by atoms with E-state index in [4.69, 9.17) is 4.74 Å². The quantitative estimate of drug-likeness (QED) is 0.843. The van der Waals surface area contributed by atoms with E-state index in [1.165, 1.54) is 37.4 Å². The van der Waals surface area contributed by atoms with Crippen LogP contribution in [0.25, 0.3) is 0 Å². The minimum absolute atomic E-state index is 0.142. The van der Waals surface area contributed by atoms with E-state index in [2.05, 4.69) is 5.32 Å². The third kappa shape index (κ3) is 4.48. The van der Waals surface area contributed by atoms with E-state index < -0.39 is 34.6 Å². The molecule has 0 saturated heterocycles. The van der Waals surface area contributed by atoms with Crippen LogP contribution in [-0.2, 0) is 20.3 Å². The average Bonchev–Trinajstić information content (AvgIpc) is 2.54. The Hall–Kier alpha value is -2.54. The topological polar surface area (TPSA) is 72.5 Å². The Kier molecular flexibility index (Phi) is 5.81. The highest BCUT2D eigenvalue weighted by Gasteiger charge is 2.21. The molecule has 0 aromatic heterocycles. The van der Waals surface area contributed by atoms with Crippen molar-refractivity contribution in [1.82, 2.24) is 0 Å². The zero-order valence-corrected chi connectivity index (χ0v) is 13.9. The summed E-state index contributed by atoms with van der Waals surface area (Å²) >= 11 is 0. The minimum atomic E-state index is -1.36. The number of rotatable bonds is 5. The minimum Gasteiger partial charge on any atom is -0.449 e. The van der Waals surface area contributed by atoms with Gasteiger partial charge in [0, 0.05) is 11.9 Å². The standard InChI is InChI=1S/C17H16FNO4S/c1-11(16(20)19-13-7-5-6-12(18)10-13)23-17(21)14-8-3-4-9-15(14)24(2)22/h3-11H,1-2H3,(H,19,20)/t11-,24+/m1/s1. The van der Waals surface area contributed by atoms with Crippen molar-refractivity contribution in [3.8, 4) is 0 Å². The first-order chi connectivity index (χ1) is 11.4. The van der Waals surface area contributed by atoms with Gasteiger partial charge in [-0.25, -0.2) is 9.18 Å². The summed E-state index contributed by atoms with van der Waals surface area (Å²) in [4.78, 5) is 24.6. The first kappa shape index (κ1) is 17.8. The van der Waals surface area contributed by atoms with Gasteiger partial charge in [-0.05, 0) is 37.3 Å². The zero-order valence-electron chi connectivity index (χ0n) is 13.1. The van der Waals surface area contributed by atoms with Crippen molar-refractivity contribution in [3.63, 3.8) is 0 Å². The summed E-state index contributed by atoms with van der Waals surface area (Å²) in [6, 6.07) is 11.7. The summed E-state index contributed by atoms with van der Waals surface area (Å²) in [6.07, 6.45) is 0.353. The van der Waals surface area contributed by atoms with Crippen LogP contribution in [0, 0.1) is 5.82 Å². The summed E-state index contributed by atoms with van der Waals surface area (Å²) in [6.45, 7) is 1.40. The van der Waals surface area contributed by atoms with E-state index in [-0.39, 0.29) is 11.3 Å². The molecule has 7 heteroatoms. The highest BCUT2D eigenvalue weighted by atomic mass is 32.2. The highest BCUT2D eigenvalue weighted by Crippen LogP contribution is 2.15. The van der Waals surface area contributed by atoms with Crippen LogP contribution in [0.2, 0.25) is 0 Å². The number of carbonyl (C=O) groups is 2. The Bertz CT molecular complexity index is 794. The zero-order chi connectivity index (χ0) is 17.7. The molecule has 126 valence electrons. The number of nitrogens with one attached hydrogen (secondary N) is 1. The van der Waals surface area contributed by atoms with Crippen LogP contribution in [0.5, 0.6) is 0 Å². The van der Waals surface area contributed by atoms with Crippen molar-refractivity contribution in [2.75, 3.05) is 11.6 Å². The second-order valence-electron chi connectivity index (χ2n) is 5.00. The SMILES string of the molecule is C[C@@H](OC(=O)c1ccccc1[S@](C)=O)C(=O)Nc1cccc(F)c1. The van der Waals surface area contributed by atoms with E-state index in [0.29, 0.717) is 4.90 Å². The summed E-state index contributed by atoms with van der Waals surface area (Å²) in [5, 5.41) is 2.46. The summed E-state index contributed by atoms with van der Waals surface area (Å²) in [5.41, 5.74) is 0.404. The van der Waals surface area contributed by atoms with Crippen molar-refractivity contribution >= 4 is 28.4 Å². The molecule has 0 saturated carbocycles. The van der Waals surface area contributed by atoms with Crippen LogP contribution in [0.1, 0.15) is 17.3 Å². The van der Waals surface area contributed by atoms with E-state index in [0.717, 1.165) is 6.07 Å². The smallest absolute Gasteiger partial charge is 0.340 e. The Morgan fingerprint density at radius 3 is 2.54 bits per heavy atom. The number of anilines is 1. The van der Waals surface area contributed by atoms with Crippen molar-refractivity contribution in [1.29, 1.82) is 0 Å². The first-order valence-corrected chi connectivity index (χ1v) is 8.64. The fourth-order valence-electron chi connectivity index (χ4n) is 1.97. The van der Waals surface area contributed by atoms with Gasteiger partial charge in [0.1, 0.15) is 5.82 Å². The van der Waals surface area contributed by atoms with E-state index in [1.54, 1.807) is 18.2 Å². The van der Waals surface area contributed by atoms with Crippen molar-refractivity contribution in [2.24, 2.45) is 0 Å². The largest absolute Gasteiger partial charge is 0.449 e. The number of hydrogen-bond acceptors (Lipinski definition) is 4. The molecule has 1 amide bonds. The molecule has 24 heavy (non-hydrogen) atoms. The third-order valence-corrected chi connectivity index (χ3v) is 4.14. The van der Waals surface area contributed by atoms with Gasteiger partial charge < -0.3 is 10.1 Å².